The molecule has 0 saturated heterocycles. The number of anilines is 1. The number of nitrogens with zero attached hydrogens (tertiary/aromatic N) is 3. The van der Waals surface area contributed by atoms with E-state index in [-0.39, 0.29) is 29.3 Å². The Morgan fingerprint density at radius 3 is 2.54 bits per heavy atom. The van der Waals surface area contributed by atoms with Crippen molar-refractivity contribution in [2.24, 2.45) is 0 Å². The molecule has 28 heavy (non-hydrogen) atoms. The Bertz CT molecular complexity index is 875. The van der Waals surface area contributed by atoms with E-state index in [4.69, 9.17) is 0 Å². The first-order valence-electron chi connectivity index (χ1n) is 8.43. The second kappa shape index (κ2) is 7.12. The fourth-order valence-corrected chi connectivity index (χ4v) is 3.10. The molecule has 0 radical (unpaired) electrons. The van der Waals surface area contributed by atoms with Gasteiger partial charge in [0.2, 0.25) is 5.95 Å². The Balaban J connectivity index is 1.83. The maximum atomic E-state index is 13.6. The van der Waals surface area contributed by atoms with Crippen LogP contribution in [0.1, 0.15) is 30.5 Å². The molecule has 3 N–H and O–H groups in total. The van der Waals surface area contributed by atoms with Gasteiger partial charge in [0, 0.05) is 12.0 Å². The van der Waals surface area contributed by atoms with Gasteiger partial charge < -0.3 is 15.5 Å². The Hall–Kier alpha value is -2.56. The van der Waals surface area contributed by atoms with E-state index in [0.717, 1.165) is 12.1 Å². The number of nitrogens with one attached hydrogen (secondary N) is 1. The lowest BCUT2D eigenvalue weighted by atomic mass is 9.89. The summed E-state index contributed by atoms with van der Waals surface area (Å²) >= 11 is 0. The molecular formula is C17H17F5N4O2. The van der Waals surface area contributed by atoms with Crippen molar-refractivity contribution in [2.45, 2.75) is 50.4 Å². The number of aromatic hydroxyl groups is 1. The van der Waals surface area contributed by atoms with Gasteiger partial charge in [0.1, 0.15) is 17.5 Å². The number of hydrogen-bond donors (Lipinski definition) is 3. The molecule has 1 aromatic heterocycles. The van der Waals surface area contributed by atoms with Gasteiger partial charge in [-0.05, 0) is 38.0 Å². The Labute approximate surface area is 156 Å². The predicted molar refractivity (Wildman–Crippen MR) is 88.9 cm³/mol. The number of hydrogen-bond acceptors (Lipinski definition) is 6. The summed E-state index contributed by atoms with van der Waals surface area (Å²) in [6, 6.07) is 1.46. The fraction of sp³-hybridized carbons (Fsp3) is 0.471. The van der Waals surface area contributed by atoms with Crippen molar-refractivity contribution in [1.29, 1.82) is 0 Å². The summed E-state index contributed by atoms with van der Waals surface area (Å²) < 4.78 is 65.4. The highest BCUT2D eigenvalue weighted by Crippen LogP contribution is 2.37. The lowest BCUT2D eigenvalue weighted by Crippen LogP contribution is -2.49. The summed E-state index contributed by atoms with van der Waals surface area (Å²) in [7, 11) is 0. The molecule has 1 heterocycles. The average molecular weight is 404 g/mol. The van der Waals surface area contributed by atoms with Crippen LogP contribution in [0.2, 0.25) is 0 Å². The van der Waals surface area contributed by atoms with Crippen molar-refractivity contribution < 1.29 is 32.2 Å². The number of aliphatic hydroxyl groups is 1. The van der Waals surface area contributed by atoms with Crippen molar-refractivity contribution in [2.75, 3.05) is 5.32 Å². The zero-order valence-electron chi connectivity index (χ0n) is 14.6. The van der Waals surface area contributed by atoms with Gasteiger partial charge in [0.15, 0.2) is 0 Å². The minimum Gasteiger partial charge on any atom is -0.507 e. The predicted octanol–water partition coefficient (Wildman–Crippen LogP) is 3.53. The number of aromatic nitrogens is 3. The zero-order valence-corrected chi connectivity index (χ0v) is 14.6. The lowest BCUT2D eigenvalue weighted by Gasteiger charge is -2.34. The summed E-state index contributed by atoms with van der Waals surface area (Å²) in [5.41, 5.74) is -0.755. The van der Waals surface area contributed by atoms with Crippen molar-refractivity contribution in [3.63, 3.8) is 0 Å². The van der Waals surface area contributed by atoms with Crippen LogP contribution in [0.15, 0.2) is 18.2 Å². The van der Waals surface area contributed by atoms with Gasteiger partial charge in [-0.25, -0.2) is 13.8 Å². The van der Waals surface area contributed by atoms with Crippen LogP contribution in [-0.2, 0) is 6.18 Å². The standard InChI is InChI=1S/C17H17F5N4O2/c1-8-13(10-5-4-9(7-12(10)27)17(20,21)22)25-26-15(23-8)24-11-3-2-6-16(18,19)14(11)28/h4-5,7,11,14,27-28H,2-3,6H2,1H3,(H,23,24,26)/t11-,14+/m1/s1. The van der Waals surface area contributed by atoms with Gasteiger partial charge in [-0.3, -0.25) is 0 Å². The lowest BCUT2D eigenvalue weighted by molar-refractivity contribution is -0.137. The maximum Gasteiger partial charge on any atom is 0.416 e. The van der Waals surface area contributed by atoms with E-state index in [2.05, 4.69) is 20.5 Å². The molecule has 0 unspecified atom stereocenters. The molecular weight excluding hydrogens is 387 g/mol. The van der Waals surface area contributed by atoms with Gasteiger partial charge >= 0.3 is 6.18 Å². The van der Waals surface area contributed by atoms with E-state index in [0.29, 0.717) is 12.5 Å². The summed E-state index contributed by atoms with van der Waals surface area (Å²) in [6.45, 7) is 1.48. The molecule has 3 rings (SSSR count). The minimum atomic E-state index is -4.61. The van der Waals surface area contributed by atoms with E-state index in [1.165, 1.54) is 6.92 Å². The molecule has 1 aliphatic rings. The number of aliphatic hydroxyl groups excluding tert-OH is 1. The third-order valence-corrected chi connectivity index (χ3v) is 4.59. The van der Waals surface area contributed by atoms with Crippen LogP contribution in [0.3, 0.4) is 0 Å². The van der Waals surface area contributed by atoms with Gasteiger partial charge in [0.05, 0.1) is 17.3 Å². The number of phenolic OH excluding ortho intramolecular Hbond substituents is 1. The van der Waals surface area contributed by atoms with E-state index < -0.39 is 42.0 Å². The first kappa shape index (κ1) is 20.2. The monoisotopic (exact) mass is 404 g/mol. The number of alkyl halides is 5. The molecule has 0 aliphatic heterocycles. The van der Waals surface area contributed by atoms with Crippen molar-refractivity contribution in [3.8, 4) is 17.0 Å². The molecule has 0 spiro atoms. The maximum absolute atomic E-state index is 13.6. The highest BCUT2D eigenvalue weighted by Gasteiger charge is 2.46. The molecule has 6 nitrogen and oxygen atoms in total. The largest absolute Gasteiger partial charge is 0.507 e. The van der Waals surface area contributed by atoms with Crippen LogP contribution in [0.5, 0.6) is 5.75 Å². The van der Waals surface area contributed by atoms with E-state index in [9.17, 15) is 32.2 Å². The van der Waals surface area contributed by atoms with Crippen molar-refractivity contribution >= 4 is 5.95 Å². The smallest absolute Gasteiger partial charge is 0.416 e. The number of phenols is 1. The third-order valence-electron chi connectivity index (χ3n) is 4.59. The minimum absolute atomic E-state index is 0.00119. The van der Waals surface area contributed by atoms with Crippen molar-refractivity contribution in [1.82, 2.24) is 15.2 Å². The molecule has 1 aromatic carbocycles. The van der Waals surface area contributed by atoms with Crippen LogP contribution in [-0.4, -0.2) is 43.5 Å². The molecule has 2 atom stereocenters. The summed E-state index contributed by atoms with van der Waals surface area (Å²) in [5, 5.41) is 29.9. The quantitative estimate of drug-likeness (QED) is 0.678. The number of aryl methyl sites for hydroxylation is 1. The van der Waals surface area contributed by atoms with Crippen LogP contribution in [0.4, 0.5) is 27.9 Å². The molecule has 2 aromatic rings. The molecule has 0 bridgehead atoms. The van der Waals surface area contributed by atoms with Gasteiger partial charge in [-0.1, -0.05) is 0 Å². The number of rotatable bonds is 3. The third kappa shape index (κ3) is 3.98. The number of benzene rings is 1. The molecule has 1 aliphatic carbocycles. The van der Waals surface area contributed by atoms with Gasteiger partial charge in [-0.2, -0.15) is 13.2 Å². The van der Waals surface area contributed by atoms with E-state index in [1.807, 2.05) is 0 Å². The van der Waals surface area contributed by atoms with Crippen LogP contribution in [0, 0.1) is 6.92 Å². The van der Waals surface area contributed by atoms with Gasteiger partial charge in [0.25, 0.3) is 5.92 Å². The second-order valence-corrected chi connectivity index (χ2v) is 6.65. The zero-order chi connectivity index (χ0) is 20.7. The molecule has 1 fully saturated rings. The normalized spacial score (nSPS) is 22.1. The highest BCUT2D eigenvalue weighted by atomic mass is 19.4. The first-order chi connectivity index (χ1) is 13.0. The average Bonchev–Trinajstić information content (AvgIpc) is 2.59. The topological polar surface area (TPSA) is 91.2 Å². The summed E-state index contributed by atoms with van der Waals surface area (Å²) in [6.07, 6.45) is -6.40. The van der Waals surface area contributed by atoms with Crippen LogP contribution in [0.25, 0.3) is 11.3 Å². The first-order valence-corrected chi connectivity index (χ1v) is 8.43. The van der Waals surface area contributed by atoms with Gasteiger partial charge in [-0.15, -0.1) is 10.2 Å². The SMILES string of the molecule is Cc1nc(N[C@@H]2CCCC(F)(F)[C@H]2O)nnc1-c1ccc(C(F)(F)F)cc1O. The molecule has 0 amide bonds. The van der Waals surface area contributed by atoms with E-state index in [1.54, 1.807) is 0 Å². The Kier molecular flexibility index (Phi) is 5.13. The Morgan fingerprint density at radius 2 is 1.93 bits per heavy atom. The van der Waals surface area contributed by atoms with Crippen LogP contribution >= 0.6 is 0 Å². The van der Waals surface area contributed by atoms with E-state index >= 15 is 0 Å². The summed E-state index contributed by atoms with van der Waals surface area (Å²) in [4.78, 5) is 4.06. The Morgan fingerprint density at radius 1 is 1.21 bits per heavy atom. The molecule has 11 heteroatoms. The van der Waals surface area contributed by atoms with Crippen molar-refractivity contribution in [3.05, 3.63) is 29.5 Å². The molecule has 1 saturated carbocycles. The second-order valence-electron chi connectivity index (χ2n) is 6.65. The summed E-state index contributed by atoms with van der Waals surface area (Å²) in [5.74, 6) is -3.96. The number of halogens is 5. The fourth-order valence-electron chi connectivity index (χ4n) is 3.10. The van der Waals surface area contributed by atoms with Crippen LogP contribution < -0.4 is 5.32 Å². The highest BCUT2D eigenvalue weighted by molar-refractivity contribution is 5.69. The molecule has 152 valence electrons.